The zero-order valence-electron chi connectivity index (χ0n) is 20.7. The van der Waals surface area contributed by atoms with Crippen LogP contribution in [0.3, 0.4) is 0 Å². The van der Waals surface area contributed by atoms with E-state index in [1.807, 2.05) is 0 Å². The minimum atomic E-state index is -4.92. The van der Waals surface area contributed by atoms with Gasteiger partial charge >= 0.3 is 7.82 Å². The summed E-state index contributed by atoms with van der Waals surface area (Å²) in [5.41, 5.74) is 4.01. The number of aromatic amines is 2. The molecule has 2 unspecified atom stereocenters. The molecule has 2 fully saturated rings. The molecule has 19 nitrogen and oxygen atoms in total. The summed E-state index contributed by atoms with van der Waals surface area (Å²) in [6.07, 6.45) is -3.39. The Bertz CT molecular complexity index is 1780. The lowest BCUT2D eigenvalue weighted by molar-refractivity contribution is -0.0567. The molecule has 6 heterocycles. The third-order valence-electron chi connectivity index (χ3n) is 6.79. The van der Waals surface area contributed by atoms with E-state index < -0.39 is 75.2 Å². The number of nitrogen functional groups attached to an aromatic ring is 1. The minimum Gasteiger partial charge on any atom is -0.394 e. The van der Waals surface area contributed by atoms with E-state index in [4.69, 9.17) is 24.3 Å². The fraction of sp³-hybridized carbons (Fsp3) is 0.500. The van der Waals surface area contributed by atoms with Crippen molar-refractivity contribution in [2.45, 2.75) is 42.9 Å². The van der Waals surface area contributed by atoms with Gasteiger partial charge in [0.25, 0.3) is 11.1 Å². The summed E-state index contributed by atoms with van der Waals surface area (Å²) in [5.74, 6) is -2.84. The van der Waals surface area contributed by atoms with Gasteiger partial charge in [0.15, 0.2) is 28.6 Å². The number of phosphoric ester groups is 1. The Morgan fingerprint density at radius 1 is 1.22 bits per heavy atom. The highest BCUT2D eigenvalue weighted by atomic mass is 31.2. The van der Waals surface area contributed by atoms with Crippen LogP contribution in [0.5, 0.6) is 0 Å². The lowest BCUT2D eigenvalue weighted by Gasteiger charge is -2.26. The lowest BCUT2D eigenvalue weighted by Crippen LogP contribution is -2.43. The number of hydrogen-bond acceptors (Lipinski definition) is 14. The standard InChI is InChI=1S/C20H23FN9O10P/c21-20(30-7-26-11-14(30)23-5-24-16(11)33)4-37-10(13(20)32)3-38-41(35,36)40-9-1-8(2-31)39-18(9)29-6-25-12-15(29)27-19(22)28-17(12)34/h5-10,13,18,31-32H,1-4H2,(H,35,36)(H,23,24,33)(H3,22,27,28,34)/t8-,9+,10+,13+,18+,20?/m0/s1. The molecule has 0 aliphatic carbocycles. The highest BCUT2D eigenvalue weighted by Crippen LogP contribution is 2.50. The first kappa shape index (κ1) is 27.5. The van der Waals surface area contributed by atoms with Crippen LogP contribution in [-0.4, -0.2) is 98.4 Å². The Labute approximate surface area is 226 Å². The number of aromatic nitrogens is 8. The van der Waals surface area contributed by atoms with Crippen molar-refractivity contribution in [3.8, 4) is 0 Å². The highest BCUT2D eigenvalue weighted by Gasteiger charge is 2.53. The number of nitrogens with zero attached hydrogens (tertiary/aromatic N) is 6. The zero-order chi connectivity index (χ0) is 29.1. The van der Waals surface area contributed by atoms with E-state index in [-0.39, 0.29) is 34.7 Å². The molecule has 21 heteroatoms. The number of nitrogens with two attached hydrogens (primary N) is 1. The molecule has 0 bridgehead atoms. The molecule has 41 heavy (non-hydrogen) atoms. The van der Waals surface area contributed by atoms with Gasteiger partial charge in [0, 0.05) is 6.42 Å². The number of aliphatic hydroxyl groups is 2. The second-order valence-corrected chi connectivity index (χ2v) is 10.8. The molecular weight excluding hydrogens is 576 g/mol. The van der Waals surface area contributed by atoms with Crippen LogP contribution in [0.25, 0.3) is 22.3 Å². The van der Waals surface area contributed by atoms with Crippen LogP contribution in [-0.2, 0) is 28.9 Å². The first-order chi connectivity index (χ1) is 19.5. The Balaban J connectivity index is 1.17. The smallest absolute Gasteiger partial charge is 0.394 e. The van der Waals surface area contributed by atoms with Gasteiger partial charge in [-0.2, -0.15) is 4.98 Å². The summed E-state index contributed by atoms with van der Waals surface area (Å²) in [4.78, 5) is 54.9. The fourth-order valence-electron chi connectivity index (χ4n) is 4.83. The molecule has 2 aliphatic heterocycles. The van der Waals surface area contributed by atoms with E-state index in [0.29, 0.717) is 0 Å². The van der Waals surface area contributed by atoms with Crippen LogP contribution in [0, 0.1) is 0 Å². The van der Waals surface area contributed by atoms with Crippen molar-refractivity contribution < 1.29 is 42.6 Å². The molecule has 7 N–H and O–H groups in total. The monoisotopic (exact) mass is 599 g/mol. The van der Waals surface area contributed by atoms with Crippen molar-refractivity contribution in [1.29, 1.82) is 0 Å². The molecule has 7 atom stereocenters. The van der Waals surface area contributed by atoms with E-state index >= 15 is 4.39 Å². The number of imidazole rings is 2. The number of H-pyrrole nitrogens is 2. The molecule has 6 rings (SSSR count). The number of hydrogen-bond donors (Lipinski definition) is 6. The summed E-state index contributed by atoms with van der Waals surface area (Å²) in [6, 6.07) is 0. The molecule has 0 spiro atoms. The molecule has 0 aromatic carbocycles. The normalized spacial score (nSPS) is 29.9. The van der Waals surface area contributed by atoms with Gasteiger partial charge in [-0.15, -0.1) is 0 Å². The quantitative estimate of drug-likeness (QED) is 0.120. The minimum absolute atomic E-state index is 0.00222. The molecular formula is C20H23FN9O10P. The number of ether oxygens (including phenoxy) is 2. The molecule has 0 saturated carbocycles. The van der Waals surface area contributed by atoms with Crippen molar-refractivity contribution in [3.05, 3.63) is 39.7 Å². The zero-order valence-corrected chi connectivity index (χ0v) is 21.6. The highest BCUT2D eigenvalue weighted by molar-refractivity contribution is 7.47. The number of aliphatic hydroxyl groups excluding tert-OH is 2. The first-order valence-corrected chi connectivity index (χ1v) is 13.5. The molecule has 0 amide bonds. The molecule has 4 aromatic rings. The van der Waals surface area contributed by atoms with Crippen LogP contribution in [0.1, 0.15) is 12.6 Å². The SMILES string of the molecule is Nc1nc2c(ncn2[C@@H]2O[C@H](CO)C[C@H]2OP(=O)(O)OC[C@H]2OCC(F)(n3cnc4c(=O)[nH]cnc43)[C@@H]2O)c(=O)[nH]1. The van der Waals surface area contributed by atoms with Gasteiger partial charge in [-0.05, 0) is 0 Å². The number of alkyl halides is 1. The maximum Gasteiger partial charge on any atom is 0.472 e. The summed E-state index contributed by atoms with van der Waals surface area (Å²) < 4.78 is 52.3. The number of halogens is 1. The van der Waals surface area contributed by atoms with Crippen LogP contribution in [0.15, 0.2) is 28.6 Å². The predicted molar refractivity (Wildman–Crippen MR) is 132 cm³/mol. The molecule has 4 aromatic heterocycles. The van der Waals surface area contributed by atoms with Crippen LogP contribution in [0.2, 0.25) is 0 Å². The third kappa shape index (κ3) is 4.73. The molecule has 2 saturated heterocycles. The third-order valence-corrected chi connectivity index (χ3v) is 7.80. The van der Waals surface area contributed by atoms with E-state index in [1.54, 1.807) is 0 Å². The van der Waals surface area contributed by atoms with Crippen molar-refractivity contribution in [2.75, 3.05) is 25.6 Å². The second kappa shape index (κ2) is 10.0. The van der Waals surface area contributed by atoms with E-state index in [2.05, 4.69) is 29.9 Å². The topological polar surface area (TPSA) is 268 Å². The Kier molecular flexibility index (Phi) is 6.74. The van der Waals surface area contributed by atoms with Crippen molar-refractivity contribution in [1.82, 2.24) is 39.0 Å². The first-order valence-electron chi connectivity index (χ1n) is 12.0. The number of rotatable bonds is 8. The summed E-state index contributed by atoms with van der Waals surface area (Å²) in [6.45, 7) is -1.94. The summed E-state index contributed by atoms with van der Waals surface area (Å²) in [5, 5.41) is 20.3. The van der Waals surface area contributed by atoms with Crippen LogP contribution >= 0.6 is 7.82 Å². The molecule has 2 aliphatic rings. The van der Waals surface area contributed by atoms with Gasteiger partial charge in [-0.1, -0.05) is 0 Å². The van der Waals surface area contributed by atoms with Crippen molar-refractivity contribution >= 4 is 36.1 Å². The molecule has 0 radical (unpaired) electrons. The fourth-order valence-corrected chi connectivity index (χ4v) is 5.75. The predicted octanol–water partition coefficient (Wildman–Crippen LogP) is -2.00. The van der Waals surface area contributed by atoms with Gasteiger partial charge in [-0.3, -0.25) is 32.8 Å². The van der Waals surface area contributed by atoms with Crippen molar-refractivity contribution in [3.63, 3.8) is 0 Å². The maximum atomic E-state index is 15.9. The average Bonchev–Trinajstić information content (AvgIpc) is 3.69. The molecule has 220 valence electrons. The number of anilines is 1. The second-order valence-electron chi connectivity index (χ2n) is 9.38. The van der Waals surface area contributed by atoms with Gasteiger partial charge < -0.3 is 35.3 Å². The average molecular weight is 599 g/mol. The number of fused-ring (bicyclic) bond motifs is 2. The van der Waals surface area contributed by atoms with E-state index in [1.165, 1.54) is 10.9 Å². The maximum absolute atomic E-state index is 15.9. The van der Waals surface area contributed by atoms with Gasteiger partial charge in [0.2, 0.25) is 11.7 Å². The Morgan fingerprint density at radius 2 is 1.98 bits per heavy atom. The van der Waals surface area contributed by atoms with Crippen LogP contribution < -0.4 is 16.9 Å². The van der Waals surface area contributed by atoms with Gasteiger partial charge in [0.1, 0.15) is 31.2 Å². The van der Waals surface area contributed by atoms with E-state index in [9.17, 15) is 29.3 Å². The van der Waals surface area contributed by atoms with Crippen molar-refractivity contribution in [2.24, 2.45) is 0 Å². The Morgan fingerprint density at radius 3 is 2.76 bits per heavy atom. The van der Waals surface area contributed by atoms with Gasteiger partial charge in [0.05, 0.1) is 32.0 Å². The van der Waals surface area contributed by atoms with Crippen LogP contribution in [0.4, 0.5) is 10.3 Å². The van der Waals surface area contributed by atoms with E-state index in [0.717, 1.165) is 17.2 Å². The lowest BCUT2D eigenvalue weighted by atomic mass is 10.1. The largest absolute Gasteiger partial charge is 0.472 e. The van der Waals surface area contributed by atoms with Gasteiger partial charge in [-0.25, -0.2) is 23.9 Å². The number of phosphoric acid groups is 1. The number of nitrogens with one attached hydrogen (secondary N) is 2. The summed E-state index contributed by atoms with van der Waals surface area (Å²) >= 11 is 0. The summed E-state index contributed by atoms with van der Waals surface area (Å²) in [7, 11) is -4.92. The Hall–Kier alpha value is -3.62.